The first kappa shape index (κ1) is 15.8. The van der Waals surface area contributed by atoms with Gasteiger partial charge in [-0.3, -0.25) is 4.79 Å². The lowest BCUT2D eigenvalue weighted by molar-refractivity contribution is -0.138. The fourth-order valence-corrected chi connectivity index (χ4v) is 1.68. The molecule has 0 saturated heterocycles. The van der Waals surface area contributed by atoms with Gasteiger partial charge in [0.1, 0.15) is 5.75 Å². The van der Waals surface area contributed by atoms with Crippen LogP contribution in [0.25, 0.3) is 6.08 Å². The quantitative estimate of drug-likeness (QED) is 0.612. The van der Waals surface area contributed by atoms with E-state index in [2.05, 4.69) is 0 Å². The summed E-state index contributed by atoms with van der Waals surface area (Å²) < 4.78 is 9.92. The van der Waals surface area contributed by atoms with Crippen molar-refractivity contribution >= 4 is 18.0 Å². The number of aliphatic carboxylic acids is 1. The van der Waals surface area contributed by atoms with Gasteiger partial charge in [-0.15, -0.1) is 0 Å². The fourth-order valence-electron chi connectivity index (χ4n) is 1.68. The molecule has 0 aromatic heterocycles. The van der Waals surface area contributed by atoms with Crippen molar-refractivity contribution in [3.8, 4) is 5.75 Å². The maximum atomic E-state index is 11.3. The van der Waals surface area contributed by atoms with Crippen molar-refractivity contribution in [1.82, 2.24) is 0 Å². The van der Waals surface area contributed by atoms with Crippen LogP contribution < -0.4 is 4.74 Å². The van der Waals surface area contributed by atoms with Crippen LogP contribution in [0, 0.1) is 0 Å². The largest absolute Gasteiger partial charge is 0.497 e. The van der Waals surface area contributed by atoms with Gasteiger partial charge in [0.05, 0.1) is 13.7 Å². The molecule has 0 bridgehead atoms. The molecule has 0 amide bonds. The minimum Gasteiger partial charge on any atom is -0.497 e. The number of benzene rings is 1. The first-order valence-corrected chi connectivity index (χ1v) is 6.30. The number of esters is 1. The van der Waals surface area contributed by atoms with Crippen LogP contribution in [-0.4, -0.2) is 30.8 Å². The van der Waals surface area contributed by atoms with E-state index in [1.165, 1.54) is 6.08 Å². The molecule has 0 fully saturated rings. The van der Waals surface area contributed by atoms with Crippen molar-refractivity contribution in [2.24, 2.45) is 0 Å². The number of hydrogen-bond donors (Lipinski definition) is 1. The van der Waals surface area contributed by atoms with Crippen molar-refractivity contribution < 1.29 is 24.2 Å². The molecule has 108 valence electrons. The summed E-state index contributed by atoms with van der Waals surface area (Å²) in [6, 6.07) is 5.31. The van der Waals surface area contributed by atoms with E-state index in [0.29, 0.717) is 18.8 Å². The molecule has 0 spiro atoms. The average molecular weight is 278 g/mol. The Morgan fingerprint density at radius 3 is 2.70 bits per heavy atom. The fraction of sp³-hybridized carbons (Fsp3) is 0.333. The Kier molecular flexibility index (Phi) is 6.29. The van der Waals surface area contributed by atoms with E-state index in [4.69, 9.17) is 14.6 Å². The monoisotopic (exact) mass is 278 g/mol. The molecule has 1 aromatic carbocycles. The van der Waals surface area contributed by atoms with Gasteiger partial charge >= 0.3 is 11.9 Å². The summed E-state index contributed by atoms with van der Waals surface area (Å²) in [6.07, 6.45) is 3.34. The van der Waals surface area contributed by atoms with E-state index >= 15 is 0 Å². The second kappa shape index (κ2) is 7.99. The number of rotatable bonds is 7. The normalized spacial score (nSPS) is 10.5. The zero-order valence-corrected chi connectivity index (χ0v) is 11.6. The number of ether oxygens (including phenoxy) is 2. The van der Waals surface area contributed by atoms with E-state index in [1.54, 1.807) is 38.3 Å². The molecule has 0 radical (unpaired) electrons. The summed E-state index contributed by atoms with van der Waals surface area (Å²) in [6.45, 7) is 2.05. The van der Waals surface area contributed by atoms with Crippen molar-refractivity contribution in [2.75, 3.05) is 13.7 Å². The molecular weight excluding hydrogens is 260 g/mol. The summed E-state index contributed by atoms with van der Waals surface area (Å²) in [5.74, 6) is -0.640. The molecule has 0 heterocycles. The number of carbonyl (C=O) groups excluding carboxylic acids is 1. The Bertz CT molecular complexity index is 505. The van der Waals surface area contributed by atoms with E-state index in [9.17, 15) is 9.59 Å². The van der Waals surface area contributed by atoms with Crippen LogP contribution in [0.4, 0.5) is 0 Å². The molecule has 0 aliphatic rings. The maximum absolute atomic E-state index is 11.3. The zero-order valence-electron chi connectivity index (χ0n) is 11.6. The minimum absolute atomic E-state index is 0.0212. The zero-order chi connectivity index (χ0) is 15.0. The third-order valence-electron chi connectivity index (χ3n) is 2.64. The molecular formula is C15H18O5. The number of carbonyl (C=O) groups is 2. The van der Waals surface area contributed by atoms with Gasteiger partial charge in [-0.25, -0.2) is 4.79 Å². The van der Waals surface area contributed by atoms with Crippen LogP contribution in [0.3, 0.4) is 0 Å². The van der Waals surface area contributed by atoms with Gasteiger partial charge in [0.25, 0.3) is 0 Å². The molecule has 5 nitrogen and oxygen atoms in total. The van der Waals surface area contributed by atoms with Crippen LogP contribution in [0.1, 0.15) is 24.5 Å². The van der Waals surface area contributed by atoms with Crippen LogP contribution in [0.15, 0.2) is 24.3 Å². The summed E-state index contributed by atoms with van der Waals surface area (Å²) >= 11 is 0. The maximum Gasteiger partial charge on any atom is 0.330 e. The number of carboxylic acids is 1. The molecule has 1 rings (SSSR count). The Hall–Kier alpha value is -2.30. The first-order chi connectivity index (χ1) is 9.56. The van der Waals surface area contributed by atoms with Crippen molar-refractivity contribution in [1.29, 1.82) is 0 Å². The molecule has 0 unspecified atom stereocenters. The lowest BCUT2D eigenvalue weighted by atomic mass is 10.0. The molecule has 1 N–H and O–H groups in total. The highest BCUT2D eigenvalue weighted by atomic mass is 16.5. The molecule has 0 aliphatic heterocycles. The standard InChI is InChI=1S/C15H18O5/c1-3-20-15(18)9-6-11-4-7-13(19-2)10-12(11)5-8-14(16)17/h4,6-7,9-10H,3,5,8H2,1-2H3,(H,16,17)/b9-6+. The SMILES string of the molecule is CCOC(=O)/C=C/c1ccc(OC)cc1CCC(=O)O. The van der Waals surface area contributed by atoms with Crippen molar-refractivity contribution in [3.05, 3.63) is 35.4 Å². The Morgan fingerprint density at radius 1 is 1.35 bits per heavy atom. The smallest absolute Gasteiger partial charge is 0.330 e. The predicted molar refractivity (Wildman–Crippen MR) is 74.6 cm³/mol. The van der Waals surface area contributed by atoms with Crippen LogP contribution >= 0.6 is 0 Å². The highest BCUT2D eigenvalue weighted by Crippen LogP contribution is 2.20. The molecule has 0 atom stereocenters. The topological polar surface area (TPSA) is 72.8 Å². The van der Waals surface area contributed by atoms with Crippen LogP contribution in [-0.2, 0) is 20.7 Å². The van der Waals surface area contributed by atoms with Gasteiger partial charge in [-0.2, -0.15) is 0 Å². The number of carboxylic acid groups (broad SMARTS) is 1. The molecule has 20 heavy (non-hydrogen) atoms. The Morgan fingerprint density at radius 2 is 2.10 bits per heavy atom. The van der Waals surface area contributed by atoms with Gasteiger partial charge in [0.15, 0.2) is 0 Å². The molecule has 1 aromatic rings. The highest BCUT2D eigenvalue weighted by molar-refractivity contribution is 5.87. The molecule has 0 aliphatic carbocycles. The summed E-state index contributed by atoms with van der Waals surface area (Å²) in [7, 11) is 1.55. The number of methoxy groups -OCH3 is 1. The van der Waals surface area contributed by atoms with Crippen LogP contribution in [0.2, 0.25) is 0 Å². The summed E-state index contributed by atoms with van der Waals surface area (Å²) in [5, 5.41) is 8.76. The Labute approximate surface area is 117 Å². The second-order valence-corrected chi connectivity index (χ2v) is 4.04. The third kappa shape index (κ3) is 5.14. The minimum atomic E-state index is -0.867. The predicted octanol–water partition coefficient (Wildman–Crippen LogP) is 2.29. The van der Waals surface area contributed by atoms with E-state index in [1.807, 2.05) is 0 Å². The van der Waals surface area contributed by atoms with Crippen molar-refractivity contribution in [3.63, 3.8) is 0 Å². The van der Waals surface area contributed by atoms with Gasteiger partial charge in [0, 0.05) is 12.5 Å². The summed E-state index contributed by atoms with van der Waals surface area (Å²) in [4.78, 5) is 22.0. The van der Waals surface area contributed by atoms with Gasteiger partial charge in [-0.05, 0) is 42.7 Å². The van der Waals surface area contributed by atoms with Crippen molar-refractivity contribution in [2.45, 2.75) is 19.8 Å². The molecule has 0 saturated carbocycles. The van der Waals surface area contributed by atoms with E-state index in [0.717, 1.165) is 11.1 Å². The van der Waals surface area contributed by atoms with Gasteiger partial charge < -0.3 is 14.6 Å². The van der Waals surface area contributed by atoms with E-state index in [-0.39, 0.29) is 6.42 Å². The molecule has 5 heteroatoms. The number of aryl methyl sites for hydroxylation is 1. The summed E-state index contributed by atoms with van der Waals surface area (Å²) in [5.41, 5.74) is 1.59. The lowest BCUT2D eigenvalue weighted by Crippen LogP contribution is -2.01. The first-order valence-electron chi connectivity index (χ1n) is 6.30. The van der Waals surface area contributed by atoms with Gasteiger partial charge in [0.2, 0.25) is 0 Å². The highest BCUT2D eigenvalue weighted by Gasteiger charge is 2.06. The van der Waals surface area contributed by atoms with Gasteiger partial charge in [-0.1, -0.05) is 6.07 Å². The van der Waals surface area contributed by atoms with Crippen LogP contribution in [0.5, 0.6) is 5.75 Å². The lowest BCUT2D eigenvalue weighted by Gasteiger charge is -2.08. The second-order valence-electron chi connectivity index (χ2n) is 4.04. The number of hydrogen-bond acceptors (Lipinski definition) is 4. The van der Waals surface area contributed by atoms with E-state index < -0.39 is 11.9 Å². The Balaban J connectivity index is 2.92. The third-order valence-corrected chi connectivity index (χ3v) is 2.64. The average Bonchev–Trinajstić information content (AvgIpc) is 2.43.